The molecule has 0 spiro atoms. The highest BCUT2D eigenvalue weighted by Gasteiger charge is 2.33. The summed E-state index contributed by atoms with van der Waals surface area (Å²) in [6, 6.07) is 17.3. The standard InChI is InChI=1S/C27H31NO2.C2H6/c1-19-2-6-21(7-3-19)23-10-12-25(13-11-23)27(29)30-26-16-14-24(15-17-26)22-8-4-20(18-28)5-9-22;1-2/h4-5,8-9,14-17,19,21,23,25H,2-3,6-7,10-13H2,1H3;1-2H3. The molecule has 0 saturated heterocycles. The number of rotatable bonds is 4. The average Bonchev–Trinajstić information content (AvgIpc) is 2.86. The fourth-order valence-corrected chi connectivity index (χ4v) is 5.24. The highest BCUT2D eigenvalue weighted by atomic mass is 16.5. The molecule has 0 aliphatic heterocycles. The first-order valence-corrected chi connectivity index (χ1v) is 12.4. The molecule has 2 aliphatic rings. The van der Waals surface area contributed by atoms with Crippen molar-refractivity contribution in [3.63, 3.8) is 0 Å². The van der Waals surface area contributed by atoms with E-state index in [0.717, 1.165) is 41.7 Å². The van der Waals surface area contributed by atoms with Gasteiger partial charge in [-0.15, -0.1) is 0 Å². The second-order valence-electron chi connectivity index (χ2n) is 9.27. The second-order valence-corrected chi connectivity index (χ2v) is 9.27. The van der Waals surface area contributed by atoms with E-state index in [0.29, 0.717) is 11.3 Å². The Kier molecular flexibility index (Phi) is 8.91. The van der Waals surface area contributed by atoms with Gasteiger partial charge in [0, 0.05) is 0 Å². The molecule has 0 unspecified atom stereocenters. The summed E-state index contributed by atoms with van der Waals surface area (Å²) in [5.41, 5.74) is 2.74. The Morgan fingerprint density at radius 3 is 1.75 bits per heavy atom. The molecule has 3 nitrogen and oxygen atoms in total. The molecular weight excluding hydrogens is 394 g/mol. The van der Waals surface area contributed by atoms with Crippen LogP contribution in [0.4, 0.5) is 0 Å². The third-order valence-corrected chi connectivity index (χ3v) is 7.25. The molecule has 0 bridgehead atoms. The fraction of sp³-hybridized carbons (Fsp3) is 0.517. The van der Waals surface area contributed by atoms with Crippen LogP contribution in [0.5, 0.6) is 5.75 Å². The van der Waals surface area contributed by atoms with E-state index in [4.69, 9.17) is 10.00 Å². The molecular formula is C29H37NO2. The third kappa shape index (κ3) is 6.22. The Bertz CT molecular complexity index is 878. The van der Waals surface area contributed by atoms with Crippen LogP contribution in [0.1, 0.15) is 77.7 Å². The normalized spacial score (nSPS) is 25.1. The Labute approximate surface area is 193 Å². The summed E-state index contributed by atoms with van der Waals surface area (Å²) < 4.78 is 5.69. The number of hydrogen-bond acceptors (Lipinski definition) is 3. The lowest BCUT2D eigenvalue weighted by atomic mass is 9.69. The maximum Gasteiger partial charge on any atom is 0.314 e. The zero-order valence-electron chi connectivity index (χ0n) is 19.8. The predicted octanol–water partition coefficient (Wildman–Crippen LogP) is 7.79. The Balaban J connectivity index is 0.00000141. The van der Waals surface area contributed by atoms with Crippen LogP contribution in [0.15, 0.2) is 48.5 Å². The summed E-state index contributed by atoms with van der Waals surface area (Å²) in [6.45, 7) is 6.38. The maximum absolute atomic E-state index is 12.7. The number of benzene rings is 2. The summed E-state index contributed by atoms with van der Waals surface area (Å²) in [5, 5.41) is 8.92. The summed E-state index contributed by atoms with van der Waals surface area (Å²) in [5.74, 6) is 3.18. The molecule has 4 rings (SSSR count). The number of ether oxygens (including phenoxy) is 1. The highest BCUT2D eigenvalue weighted by molar-refractivity contribution is 5.75. The van der Waals surface area contributed by atoms with Crippen LogP contribution in [-0.2, 0) is 4.79 Å². The van der Waals surface area contributed by atoms with Crippen molar-refractivity contribution in [2.24, 2.45) is 23.7 Å². The van der Waals surface area contributed by atoms with Crippen molar-refractivity contribution in [3.05, 3.63) is 54.1 Å². The van der Waals surface area contributed by atoms with Gasteiger partial charge in [0.2, 0.25) is 0 Å². The van der Waals surface area contributed by atoms with Gasteiger partial charge in [-0.3, -0.25) is 4.79 Å². The molecule has 2 fully saturated rings. The first-order valence-electron chi connectivity index (χ1n) is 12.4. The average molecular weight is 432 g/mol. The van der Waals surface area contributed by atoms with Crippen molar-refractivity contribution >= 4 is 5.97 Å². The topological polar surface area (TPSA) is 50.1 Å². The van der Waals surface area contributed by atoms with E-state index in [1.807, 2.05) is 62.4 Å². The van der Waals surface area contributed by atoms with Gasteiger partial charge >= 0.3 is 5.97 Å². The van der Waals surface area contributed by atoms with Gasteiger partial charge in [0.15, 0.2) is 0 Å². The summed E-state index contributed by atoms with van der Waals surface area (Å²) in [7, 11) is 0. The van der Waals surface area contributed by atoms with E-state index >= 15 is 0 Å². The zero-order valence-corrected chi connectivity index (χ0v) is 19.8. The maximum atomic E-state index is 12.7. The number of nitriles is 1. The molecule has 0 amide bonds. The molecule has 0 atom stereocenters. The minimum Gasteiger partial charge on any atom is -0.426 e. The first-order chi connectivity index (χ1) is 15.6. The highest BCUT2D eigenvalue weighted by Crippen LogP contribution is 2.41. The third-order valence-electron chi connectivity index (χ3n) is 7.25. The summed E-state index contributed by atoms with van der Waals surface area (Å²) in [4.78, 5) is 12.7. The molecule has 3 heteroatoms. The van der Waals surface area contributed by atoms with E-state index in [1.54, 1.807) is 0 Å². The van der Waals surface area contributed by atoms with Crippen LogP contribution < -0.4 is 4.74 Å². The van der Waals surface area contributed by atoms with Crippen molar-refractivity contribution < 1.29 is 9.53 Å². The number of nitrogens with zero attached hydrogens (tertiary/aromatic N) is 1. The number of hydrogen-bond donors (Lipinski definition) is 0. The summed E-state index contributed by atoms with van der Waals surface area (Å²) >= 11 is 0. The Morgan fingerprint density at radius 2 is 1.25 bits per heavy atom. The smallest absolute Gasteiger partial charge is 0.314 e. The van der Waals surface area contributed by atoms with Crippen LogP contribution >= 0.6 is 0 Å². The van der Waals surface area contributed by atoms with Gasteiger partial charge in [0.25, 0.3) is 0 Å². The molecule has 2 saturated carbocycles. The van der Waals surface area contributed by atoms with Gasteiger partial charge in [-0.25, -0.2) is 0 Å². The van der Waals surface area contributed by atoms with Crippen molar-refractivity contribution in [2.45, 2.75) is 72.1 Å². The van der Waals surface area contributed by atoms with Gasteiger partial charge in [0.1, 0.15) is 5.75 Å². The van der Waals surface area contributed by atoms with E-state index < -0.39 is 0 Å². The minimum absolute atomic E-state index is 0.0435. The lowest BCUT2D eigenvalue weighted by Crippen LogP contribution is -2.29. The van der Waals surface area contributed by atoms with Crippen LogP contribution in [0.25, 0.3) is 11.1 Å². The molecule has 2 aromatic rings. The molecule has 2 aromatic carbocycles. The van der Waals surface area contributed by atoms with Crippen molar-refractivity contribution in [1.29, 1.82) is 5.26 Å². The van der Waals surface area contributed by atoms with Gasteiger partial charge in [0.05, 0.1) is 17.6 Å². The number of carbonyl (C=O) groups excluding carboxylic acids is 1. The molecule has 32 heavy (non-hydrogen) atoms. The molecule has 2 aliphatic carbocycles. The second kappa shape index (κ2) is 11.9. The Hall–Kier alpha value is -2.60. The quantitative estimate of drug-likeness (QED) is 0.367. The van der Waals surface area contributed by atoms with E-state index in [9.17, 15) is 4.79 Å². The number of carbonyl (C=O) groups is 1. The molecule has 170 valence electrons. The van der Waals surface area contributed by atoms with Crippen LogP contribution in [0.2, 0.25) is 0 Å². The molecule has 0 heterocycles. The van der Waals surface area contributed by atoms with Gasteiger partial charge in [-0.1, -0.05) is 57.9 Å². The number of esters is 1. The van der Waals surface area contributed by atoms with Crippen LogP contribution in [-0.4, -0.2) is 5.97 Å². The van der Waals surface area contributed by atoms with Crippen LogP contribution in [0, 0.1) is 35.0 Å². The minimum atomic E-state index is -0.0724. The first kappa shape index (κ1) is 24.1. The van der Waals surface area contributed by atoms with Crippen molar-refractivity contribution in [2.75, 3.05) is 0 Å². The van der Waals surface area contributed by atoms with Crippen molar-refractivity contribution in [1.82, 2.24) is 0 Å². The SMILES string of the molecule is CC.CC1CCC(C2CCC(C(=O)Oc3ccc(-c4ccc(C#N)cc4)cc3)CC2)CC1. The van der Waals surface area contributed by atoms with Crippen LogP contribution in [0.3, 0.4) is 0 Å². The zero-order chi connectivity index (χ0) is 22.9. The predicted molar refractivity (Wildman–Crippen MR) is 130 cm³/mol. The van der Waals surface area contributed by atoms with E-state index in [1.165, 1.54) is 38.5 Å². The fourth-order valence-electron chi connectivity index (χ4n) is 5.24. The van der Waals surface area contributed by atoms with Crippen molar-refractivity contribution in [3.8, 4) is 22.9 Å². The lowest BCUT2D eigenvalue weighted by Gasteiger charge is -2.36. The Morgan fingerprint density at radius 1 is 0.781 bits per heavy atom. The van der Waals surface area contributed by atoms with E-state index in [-0.39, 0.29) is 11.9 Å². The van der Waals surface area contributed by atoms with Gasteiger partial charge in [-0.2, -0.15) is 5.26 Å². The molecule has 0 aromatic heterocycles. The molecule has 0 radical (unpaired) electrons. The molecule has 0 N–H and O–H groups in total. The monoisotopic (exact) mass is 431 g/mol. The van der Waals surface area contributed by atoms with E-state index in [2.05, 4.69) is 13.0 Å². The van der Waals surface area contributed by atoms with Gasteiger partial charge < -0.3 is 4.74 Å². The largest absolute Gasteiger partial charge is 0.426 e. The summed E-state index contributed by atoms with van der Waals surface area (Å²) in [6.07, 6.45) is 9.82. The van der Waals surface area contributed by atoms with Gasteiger partial charge in [-0.05, 0) is 91.7 Å². The lowest BCUT2D eigenvalue weighted by molar-refractivity contribution is -0.140.